The topological polar surface area (TPSA) is 38.3 Å². The zero-order valence-electron chi connectivity index (χ0n) is 14.6. The van der Waals surface area contributed by atoms with Gasteiger partial charge in [-0.3, -0.25) is 4.79 Å². The first kappa shape index (κ1) is 18.3. The van der Waals surface area contributed by atoms with E-state index in [1.54, 1.807) is 24.3 Å². The van der Waals surface area contributed by atoms with E-state index >= 15 is 0 Å². The van der Waals surface area contributed by atoms with Crippen molar-refractivity contribution in [3.05, 3.63) is 59.1 Å². The Kier molecular flexibility index (Phi) is 5.89. The molecule has 1 atom stereocenters. The Labute approximate surface area is 149 Å². The lowest BCUT2D eigenvalue weighted by atomic mass is 9.87. The van der Waals surface area contributed by atoms with E-state index in [1.165, 1.54) is 5.56 Å². The standard InChI is InChI=1S/C20H24ClNO2/c1-5-18(19(23)22-16-10-8-15(21)9-11-16)24-17-12-6-14(7-13-17)20(2,3)4/h6-13,18H,5H2,1-4H3,(H,22,23). The summed E-state index contributed by atoms with van der Waals surface area (Å²) in [5.41, 5.74) is 2.03. The number of carbonyl (C=O) groups is 1. The smallest absolute Gasteiger partial charge is 0.265 e. The Hall–Kier alpha value is -2.00. The molecule has 0 saturated carbocycles. The van der Waals surface area contributed by atoms with Gasteiger partial charge in [0.1, 0.15) is 5.75 Å². The summed E-state index contributed by atoms with van der Waals surface area (Å²) in [6.45, 7) is 8.42. The van der Waals surface area contributed by atoms with Crippen LogP contribution in [0, 0.1) is 0 Å². The lowest BCUT2D eigenvalue weighted by molar-refractivity contribution is -0.122. The summed E-state index contributed by atoms with van der Waals surface area (Å²) >= 11 is 5.85. The van der Waals surface area contributed by atoms with Gasteiger partial charge < -0.3 is 10.1 Å². The highest BCUT2D eigenvalue weighted by molar-refractivity contribution is 6.30. The maximum atomic E-state index is 12.4. The number of benzene rings is 2. The average Bonchev–Trinajstić information content (AvgIpc) is 2.54. The molecule has 2 rings (SSSR count). The van der Waals surface area contributed by atoms with Gasteiger partial charge in [-0.1, -0.05) is 51.4 Å². The molecule has 1 amide bonds. The molecule has 0 heterocycles. The van der Waals surface area contributed by atoms with Crippen LogP contribution < -0.4 is 10.1 Å². The van der Waals surface area contributed by atoms with Crippen LogP contribution in [0.15, 0.2) is 48.5 Å². The molecule has 0 spiro atoms. The minimum absolute atomic E-state index is 0.0919. The van der Waals surface area contributed by atoms with Crippen LogP contribution in [0.4, 0.5) is 5.69 Å². The Balaban J connectivity index is 2.03. The lowest BCUT2D eigenvalue weighted by Gasteiger charge is -2.21. The highest BCUT2D eigenvalue weighted by Gasteiger charge is 2.19. The fourth-order valence-corrected chi connectivity index (χ4v) is 2.40. The number of hydrogen-bond donors (Lipinski definition) is 1. The Morgan fingerprint density at radius 2 is 1.67 bits per heavy atom. The van der Waals surface area contributed by atoms with Crippen molar-refractivity contribution < 1.29 is 9.53 Å². The molecule has 2 aromatic rings. The molecule has 1 unspecified atom stereocenters. The normalized spacial score (nSPS) is 12.5. The molecule has 0 saturated heterocycles. The third-order valence-electron chi connectivity index (χ3n) is 3.77. The van der Waals surface area contributed by atoms with Crippen LogP contribution in [0.25, 0.3) is 0 Å². The summed E-state index contributed by atoms with van der Waals surface area (Å²) in [5, 5.41) is 3.49. The van der Waals surface area contributed by atoms with Crippen LogP contribution in [-0.4, -0.2) is 12.0 Å². The number of rotatable bonds is 5. The Morgan fingerprint density at radius 1 is 1.08 bits per heavy atom. The molecule has 0 aromatic heterocycles. The van der Waals surface area contributed by atoms with E-state index in [-0.39, 0.29) is 11.3 Å². The molecule has 24 heavy (non-hydrogen) atoms. The van der Waals surface area contributed by atoms with Crippen molar-refractivity contribution in [2.75, 3.05) is 5.32 Å². The molecule has 0 aliphatic heterocycles. The minimum Gasteiger partial charge on any atom is -0.481 e. The van der Waals surface area contributed by atoms with Gasteiger partial charge in [-0.05, 0) is 53.8 Å². The van der Waals surface area contributed by atoms with Crippen molar-refractivity contribution in [1.29, 1.82) is 0 Å². The molecule has 0 aliphatic carbocycles. The first-order valence-electron chi connectivity index (χ1n) is 8.13. The van der Waals surface area contributed by atoms with E-state index in [9.17, 15) is 4.79 Å². The highest BCUT2D eigenvalue weighted by atomic mass is 35.5. The fraction of sp³-hybridized carbons (Fsp3) is 0.350. The van der Waals surface area contributed by atoms with Crippen LogP contribution in [0.2, 0.25) is 5.02 Å². The van der Waals surface area contributed by atoms with Gasteiger partial charge in [0, 0.05) is 10.7 Å². The van der Waals surface area contributed by atoms with Gasteiger partial charge >= 0.3 is 0 Å². The predicted octanol–water partition coefficient (Wildman–Crippen LogP) is 5.43. The van der Waals surface area contributed by atoms with Crippen molar-refractivity contribution in [2.24, 2.45) is 0 Å². The predicted molar refractivity (Wildman–Crippen MR) is 99.9 cm³/mol. The molecule has 0 fully saturated rings. The average molecular weight is 346 g/mol. The Morgan fingerprint density at radius 3 is 2.17 bits per heavy atom. The third kappa shape index (κ3) is 5.00. The molecule has 2 aromatic carbocycles. The first-order valence-corrected chi connectivity index (χ1v) is 8.51. The van der Waals surface area contributed by atoms with Crippen LogP contribution in [0.3, 0.4) is 0 Å². The van der Waals surface area contributed by atoms with Crippen molar-refractivity contribution in [3.63, 3.8) is 0 Å². The Bertz CT molecular complexity index is 672. The van der Waals surface area contributed by atoms with E-state index in [0.29, 0.717) is 22.9 Å². The summed E-state index contributed by atoms with van der Waals surface area (Å²) in [6, 6.07) is 14.9. The van der Waals surface area contributed by atoms with Gasteiger partial charge in [-0.2, -0.15) is 0 Å². The van der Waals surface area contributed by atoms with Gasteiger partial charge in [0.05, 0.1) is 0 Å². The summed E-state index contributed by atoms with van der Waals surface area (Å²) in [4.78, 5) is 12.4. The van der Waals surface area contributed by atoms with Gasteiger partial charge in [-0.25, -0.2) is 0 Å². The summed E-state index contributed by atoms with van der Waals surface area (Å²) < 4.78 is 5.85. The molecule has 0 bridgehead atoms. The monoisotopic (exact) mass is 345 g/mol. The molecule has 0 aliphatic rings. The van der Waals surface area contributed by atoms with Gasteiger partial charge in [0.2, 0.25) is 0 Å². The summed E-state index contributed by atoms with van der Waals surface area (Å²) in [5.74, 6) is 0.529. The quantitative estimate of drug-likeness (QED) is 0.784. The second-order valence-electron chi connectivity index (χ2n) is 6.79. The maximum absolute atomic E-state index is 12.4. The van der Waals surface area contributed by atoms with Crippen molar-refractivity contribution in [1.82, 2.24) is 0 Å². The van der Waals surface area contributed by atoms with Gasteiger partial charge in [-0.15, -0.1) is 0 Å². The lowest BCUT2D eigenvalue weighted by Crippen LogP contribution is -2.32. The maximum Gasteiger partial charge on any atom is 0.265 e. The van der Waals surface area contributed by atoms with Crippen LogP contribution in [-0.2, 0) is 10.2 Å². The van der Waals surface area contributed by atoms with Crippen molar-refractivity contribution in [2.45, 2.75) is 45.6 Å². The molecular weight excluding hydrogens is 322 g/mol. The number of carbonyl (C=O) groups excluding carboxylic acids is 1. The molecule has 0 radical (unpaired) electrons. The second-order valence-corrected chi connectivity index (χ2v) is 7.22. The molecule has 4 heteroatoms. The minimum atomic E-state index is -0.541. The number of halogens is 1. The van der Waals surface area contributed by atoms with Crippen molar-refractivity contribution in [3.8, 4) is 5.75 Å². The fourth-order valence-electron chi connectivity index (χ4n) is 2.28. The number of ether oxygens (including phenoxy) is 1. The third-order valence-corrected chi connectivity index (χ3v) is 4.03. The zero-order chi connectivity index (χ0) is 17.7. The summed E-state index contributed by atoms with van der Waals surface area (Å²) in [7, 11) is 0. The zero-order valence-corrected chi connectivity index (χ0v) is 15.4. The second kappa shape index (κ2) is 7.71. The molecule has 3 nitrogen and oxygen atoms in total. The van der Waals surface area contributed by atoms with Crippen LogP contribution in [0.5, 0.6) is 5.75 Å². The van der Waals surface area contributed by atoms with Crippen LogP contribution >= 0.6 is 11.6 Å². The number of hydrogen-bond acceptors (Lipinski definition) is 2. The summed E-state index contributed by atoms with van der Waals surface area (Å²) in [6.07, 6.45) is 0.0432. The SMILES string of the molecule is CCC(Oc1ccc(C(C)(C)C)cc1)C(=O)Nc1ccc(Cl)cc1. The highest BCUT2D eigenvalue weighted by Crippen LogP contribution is 2.25. The largest absolute Gasteiger partial charge is 0.481 e. The van der Waals surface area contributed by atoms with Gasteiger partial charge in [0.15, 0.2) is 6.10 Å². The molecular formula is C20H24ClNO2. The van der Waals surface area contributed by atoms with E-state index in [1.807, 2.05) is 31.2 Å². The molecule has 128 valence electrons. The number of anilines is 1. The number of amides is 1. The van der Waals surface area contributed by atoms with E-state index in [0.717, 1.165) is 0 Å². The van der Waals surface area contributed by atoms with Gasteiger partial charge in [0.25, 0.3) is 5.91 Å². The number of nitrogens with one attached hydrogen (secondary N) is 1. The van der Waals surface area contributed by atoms with E-state index < -0.39 is 6.10 Å². The first-order chi connectivity index (χ1) is 11.3. The van der Waals surface area contributed by atoms with E-state index in [2.05, 4.69) is 26.1 Å². The van der Waals surface area contributed by atoms with E-state index in [4.69, 9.17) is 16.3 Å². The van der Waals surface area contributed by atoms with Crippen molar-refractivity contribution >= 4 is 23.2 Å². The molecule has 1 N–H and O–H groups in total. The van der Waals surface area contributed by atoms with Crippen LogP contribution in [0.1, 0.15) is 39.7 Å².